The van der Waals surface area contributed by atoms with E-state index in [0.717, 1.165) is 5.56 Å². The van der Waals surface area contributed by atoms with Gasteiger partial charge in [0.2, 0.25) is 5.91 Å². The molecule has 1 aliphatic heterocycles. The van der Waals surface area contributed by atoms with E-state index in [9.17, 15) is 9.59 Å². The topological polar surface area (TPSA) is 58.6 Å². The quantitative estimate of drug-likeness (QED) is 0.769. The van der Waals surface area contributed by atoms with Crippen LogP contribution in [0.15, 0.2) is 24.3 Å². The van der Waals surface area contributed by atoms with E-state index in [1.165, 1.54) is 4.90 Å². The Morgan fingerprint density at radius 2 is 2.12 bits per heavy atom. The van der Waals surface area contributed by atoms with Gasteiger partial charge in [-0.25, -0.2) is 4.79 Å². The van der Waals surface area contributed by atoms with Crippen molar-refractivity contribution in [1.29, 1.82) is 0 Å². The fraction of sp³-hybridized carbons (Fsp3) is 0.273. The molecule has 1 aliphatic rings. The molecule has 1 aromatic carbocycles. The van der Waals surface area contributed by atoms with Crippen molar-refractivity contribution < 1.29 is 14.3 Å². The second-order valence-electron chi connectivity index (χ2n) is 3.50. The molecule has 1 N–H and O–H groups in total. The molecule has 16 heavy (non-hydrogen) atoms. The van der Waals surface area contributed by atoms with Crippen LogP contribution >= 0.6 is 0 Å². The summed E-state index contributed by atoms with van der Waals surface area (Å²) in [6, 6.07) is 6.98. The third kappa shape index (κ3) is 1.90. The third-order valence-corrected chi connectivity index (χ3v) is 2.38. The van der Waals surface area contributed by atoms with Crippen LogP contribution in [0.4, 0.5) is 10.5 Å². The molecule has 0 aliphatic carbocycles. The number of nitrogens with zero attached hydrogens (tertiary/aromatic N) is 1. The Morgan fingerprint density at radius 1 is 1.38 bits per heavy atom. The number of hydrogen-bond donors (Lipinski definition) is 1. The van der Waals surface area contributed by atoms with Crippen molar-refractivity contribution in [1.82, 2.24) is 5.32 Å². The summed E-state index contributed by atoms with van der Waals surface area (Å²) in [5, 5.41) is 2.24. The highest BCUT2D eigenvalue weighted by molar-refractivity contribution is 6.12. The molecular formula is C11H12N2O3. The van der Waals surface area contributed by atoms with Gasteiger partial charge < -0.3 is 4.74 Å². The number of amides is 3. The van der Waals surface area contributed by atoms with Crippen LogP contribution in [-0.2, 0) is 16.1 Å². The lowest BCUT2D eigenvalue weighted by atomic mass is 10.1. The van der Waals surface area contributed by atoms with Crippen LogP contribution in [0.5, 0.6) is 0 Å². The summed E-state index contributed by atoms with van der Waals surface area (Å²) in [6.45, 7) is 0.480. The molecule has 0 saturated carbocycles. The van der Waals surface area contributed by atoms with Crippen LogP contribution in [-0.4, -0.2) is 25.6 Å². The Morgan fingerprint density at radius 3 is 2.75 bits per heavy atom. The first-order valence-electron chi connectivity index (χ1n) is 4.90. The Labute approximate surface area is 93.0 Å². The number of urea groups is 1. The second kappa shape index (κ2) is 4.32. The number of ether oxygens (including phenoxy) is 1. The van der Waals surface area contributed by atoms with Gasteiger partial charge in [-0.1, -0.05) is 18.2 Å². The summed E-state index contributed by atoms with van der Waals surface area (Å²) in [5.41, 5.74) is 1.60. The number of rotatable bonds is 3. The molecule has 0 spiro atoms. The van der Waals surface area contributed by atoms with E-state index in [2.05, 4.69) is 5.32 Å². The van der Waals surface area contributed by atoms with Crippen LogP contribution < -0.4 is 10.2 Å². The van der Waals surface area contributed by atoms with Crippen LogP contribution in [0.1, 0.15) is 5.56 Å². The molecule has 0 unspecified atom stereocenters. The van der Waals surface area contributed by atoms with Crippen LogP contribution in [0.3, 0.4) is 0 Å². The molecule has 84 valence electrons. The van der Waals surface area contributed by atoms with Gasteiger partial charge in [0.25, 0.3) is 0 Å². The van der Waals surface area contributed by atoms with Gasteiger partial charge in [0.1, 0.15) is 6.54 Å². The lowest BCUT2D eigenvalue weighted by Crippen LogP contribution is -2.28. The number of methoxy groups -OCH3 is 1. The average Bonchev–Trinajstić information content (AvgIpc) is 2.59. The first-order chi connectivity index (χ1) is 7.72. The highest BCUT2D eigenvalue weighted by Gasteiger charge is 2.29. The number of carbonyl (C=O) groups excluding carboxylic acids is 2. The van der Waals surface area contributed by atoms with E-state index in [0.29, 0.717) is 12.3 Å². The molecule has 1 fully saturated rings. The molecule has 3 amide bonds. The molecular weight excluding hydrogens is 208 g/mol. The molecule has 5 heteroatoms. The van der Waals surface area contributed by atoms with Crippen LogP contribution in [0, 0.1) is 0 Å². The van der Waals surface area contributed by atoms with Gasteiger partial charge in [0.15, 0.2) is 0 Å². The van der Waals surface area contributed by atoms with Crippen molar-refractivity contribution in [2.24, 2.45) is 0 Å². The minimum Gasteiger partial charge on any atom is -0.380 e. The zero-order valence-electron chi connectivity index (χ0n) is 8.90. The fourth-order valence-electron chi connectivity index (χ4n) is 1.69. The number of benzene rings is 1. The maximum absolute atomic E-state index is 11.5. The number of carbonyl (C=O) groups is 2. The minimum atomic E-state index is -0.381. The lowest BCUT2D eigenvalue weighted by Gasteiger charge is -2.17. The largest absolute Gasteiger partial charge is 0.380 e. The van der Waals surface area contributed by atoms with Crippen LogP contribution in [0.2, 0.25) is 0 Å². The van der Waals surface area contributed by atoms with E-state index in [4.69, 9.17) is 4.74 Å². The molecule has 0 aromatic heterocycles. The molecule has 0 radical (unpaired) electrons. The summed E-state index contributed by atoms with van der Waals surface area (Å²) < 4.78 is 5.05. The maximum Gasteiger partial charge on any atom is 0.329 e. The van der Waals surface area contributed by atoms with Crippen molar-refractivity contribution in [3.8, 4) is 0 Å². The normalized spacial score (nSPS) is 15.4. The molecule has 5 nitrogen and oxygen atoms in total. The van der Waals surface area contributed by atoms with Gasteiger partial charge in [-0.05, 0) is 6.07 Å². The van der Waals surface area contributed by atoms with Crippen molar-refractivity contribution in [3.05, 3.63) is 29.8 Å². The first-order valence-corrected chi connectivity index (χ1v) is 4.90. The van der Waals surface area contributed by atoms with E-state index in [-0.39, 0.29) is 18.5 Å². The zero-order chi connectivity index (χ0) is 11.5. The summed E-state index contributed by atoms with van der Waals surface area (Å²) in [7, 11) is 1.59. The standard InChI is InChI=1S/C11H12N2O3/c1-16-7-8-4-2-3-5-9(8)13-6-10(14)12-11(13)15/h2-5H,6-7H2,1H3,(H,12,14,15). The monoisotopic (exact) mass is 220 g/mol. The van der Waals surface area contributed by atoms with Crippen molar-refractivity contribution in [2.45, 2.75) is 6.61 Å². The number of nitrogens with one attached hydrogen (secondary N) is 1. The van der Waals surface area contributed by atoms with Gasteiger partial charge in [-0.3, -0.25) is 15.0 Å². The zero-order valence-corrected chi connectivity index (χ0v) is 8.90. The Bertz CT molecular complexity index is 431. The third-order valence-electron chi connectivity index (χ3n) is 2.38. The van der Waals surface area contributed by atoms with Gasteiger partial charge in [-0.15, -0.1) is 0 Å². The average molecular weight is 220 g/mol. The molecule has 2 rings (SSSR count). The van der Waals surface area contributed by atoms with E-state index < -0.39 is 0 Å². The number of para-hydroxylation sites is 1. The van der Waals surface area contributed by atoms with Crippen molar-refractivity contribution in [2.75, 3.05) is 18.6 Å². The van der Waals surface area contributed by atoms with Crippen molar-refractivity contribution in [3.63, 3.8) is 0 Å². The smallest absolute Gasteiger partial charge is 0.329 e. The molecule has 0 atom stereocenters. The maximum atomic E-state index is 11.5. The Hall–Kier alpha value is -1.88. The van der Waals surface area contributed by atoms with E-state index in [1.807, 2.05) is 18.2 Å². The van der Waals surface area contributed by atoms with Gasteiger partial charge >= 0.3 is 6.03 Å². The number of hydrogen-bond acceptors (Lipinski definition) is 3. The summed E-state index contributed by atoms with van der Waals surface area (Å²) in [5.74, 6) is -0.280. The van der Waals surface area contributed by atoms with Gasteiger partial charge in [0, 0.05) is 12.7 Å². The predicted octanol–water partition coefficient (Wildman–Crippen LogP) is 0.889. The van der Waals surface area contributed by atoms with Crippen LogP contribution in [0.25, 0.3) is 0 Å². The summed E-state index contributed by atoms with van der Waals surface area (Å²) in [6.07, 6.45) is 0. The summed E-state index contributed by atoms with van der Waals surface area (Å²) in [4.78, 5) is 24.0. The number of imide groups is 1. The Balaban J connectivity index is 2.32. The molecule has 1 saturated heterocycles. The first kappa shape index (κ1) is 10.6. The predicted molar refractivity (Wildman–Crippen MR) is 58.0 cm³/mol. The SMILES string of the molecule is COCc1ccccc1N1CC(=O)NC1=O. The highest BCUT2D eigenvalue weighted by Crippen LogP contribution is 2.22. The highest BCUT2D eigenvalue weighted by atomic mass is 16.5. The van der Waals surface area contributed by atoms with Gasteiger partial charge in [0.05, 0.1) is 12.3 Å². The number of anilines is 1. The Kier molecular flexibility index (Phi) is 2.87. The summed E-state index contributed by atoms with van der Waals surface area (Å²) >= 11 is 0. The van der Waals surface area contributed by atoms with Gasteiger partial charge in [-0.2, -0.15) is 0 Å². The fourth-order valence-corrected chi connectivity index (χ4v) is 1.69. The second-order valence-corrected chi connectivity index (χ2v) is 3.50. The molecule has 0 bridgehead atoms. The lowest BCUT2D eigenvalue weighted by molar-refractivity contribution is -0.117. The molecule has 1 aromatic rings. The van der Waals surface area contributed by atoms with E-state index >= 15 is 0 Å². The molecule has 1 heterocycles. The minimum absolute atomic E-state index is 0.0690. The van der Waals surface area contributed by atoms with Crippen molar-refractivity contribution >= 4 is 17.6 Å². The van der Waals surface area contributed by atoms with E-state index in [1.54, 1.807) is 13.2 Å².